The Morgan fingerprint density at radius 3 is 2.95 bits per heavy atom. The van der Waals surface area contributed by atoms with Crippen LogP contribution >= 0.6 is 0 Å². The number of alkyl halides is 1. The zero-order valence-electron chi connectivity index (χ0n) is 11.1. The molecule has 2 N–H and O–H groups in total. The van der Waals surface area contributed by atoms with Crippen LogP contribution in [-0.4, -0.2) is 21.1 Å². The van der Waals surface area contributed by atoms with Crippen LogP contribution in [-0.2, 0) is 0 Å². The molecular weight excluding hydrogens is 245 g/mol. The van der Waals surface area contributed by atoms with Crippen LogP contribution in [0.3, 0.4) is 0 Å². The van der Waals surface area contributed by atoms with Gasteiger partial charge < -0.3 is 9.97 Å². The van der Waals surface area contributed by atoms with E-state index in [1.807, 2.05) is 6.92 Å². The molecule has 1 aliphatic carbocycles. The van der Waals surface area contributed by atoms with Crippen molar-refractivity contribution in [2.45, 2.75) is 38.8 Å². The molecule has 0 spiro atoms. The Kier molecular flexibility index (Phi) is 2.92. The summed E-state index contributed by atoms with van der Waals surface area (Å²) in [6, 6.07) is 0. The van der Waals surface area contributed by atoms with Gasteiger partial charge in [-0.05, 0) is 18.3 Å². The molecule has 0 amide bonds. The molecule has 0 bridgehead atoms. The van der Waals surface area contributed by atoms with Crippen LogP contribution in [0.1, 0.15) is 38.2 Å². The molecule has 2 heterocycles. The summed E-state index contributed by atoms with van der Waals surface area (Å²) in [4.78, 5) is 21.3. The Morgan fingerprint density at radius 2 is 2.26 bits per heavy atom. The van der Waals surface area contributed by atoms with Crippen molar-refractivity contribution >= 4 is 11.0 Å². The lowest BCUT2D eigenvalue weighted by Gasteiger charge is -2.14. The molecule has 5 heteroatoms. The molecule has 102 valence electrons. The summed E-state index contributed by atoms with van der Waals surface area (Å²) in [5, 5.41) is 0. The number of rotatable bonds is 2. The maximum Gasteiger partial charge on any atom is 0.275 e. The van der Waals surface area contributed by atoms with Gasteiger partial charge in [-0.1, -0.05) is 20.3 Å². The number of H-pyrrole nitrogens is 2. The van der Waals surface area contributed by atoms with Crippen molar-refractivity contribution in [1.82, 2.24) is 15.0 Å². The van der Waals surface area contributed by atoms with Crippen LogP contribution in [0.15, 0.2) is 17.3 Å². The van der Waals surface area contributed by atoms with Gasteiger partial charge in [-0.3, -0.25) is 4.79 Å². The van der Waals surface area contributed by atoms with Crippen molar-refractivity contribution in [1.29, 1.82) is 0 Å². The highest BCUT2D eigenvalue weighted by atomic mass is 19.1. The minimum atomic E-state index is -0.856. The zero-order valence-corrected chi connectivity index (χ0v) is 11.1. The largest absolute Gasteiger partial charge is 0.355 e. The first kappa shape index (κ1) is 12.4. The topological polar surface area (TPSA) is 61.5 Å². The molecule has 3 rings (SSSR count). The van der Waals surface area contributed by atoms with Crippen LogP contribution < -0.4 is 5.56 Å². The predicted octanol–water partition coefficient (Wildman–Crippen LogP) is 2.74. The van der Waals surface area contributed by atoms with Crippen molar-refractivity contribution < 1.29 is 4.39 Å². The van der Waals surface area contributed by atoms with Gasteiger partial charge in [-0.2, -0.15) is 0 Å². The molecule has 1 saturated carbocycles. The van der Waals surface area contributed by atoms with E-state index in [9.17, 15) is 9.18 Å². The third kappa shape index (κ3) is 1.79. The standard InChI is InChI=1S/C14H18FN3O/c1-3-8-4-9(11(15)7(8)2)10-5-16-13-12(10)17-6-18-14(13)19/h5-9,11,16H,3-4H2,1-2H3,(H,17,18,19)/t7-,8+,9+,11-/m1/s1. The van der Waals surface area contributed by atoms with E-state index in [4.69, 9.17) is 0 Å². The molecule has 4 atom stereocenters. The number of nitrogens with zero attached hydrogens (tertiary/aromatic N) is 1. The van der Waals surface area contributed by atoms with Gasteiger partial charge in [0.05, 0.1) is 11.8 Å². The van der Waals surface area contributed by atoms with Crippen LogP contribution in [0.4, 0.5) is 4.39 Å². The van der Waals surface area contributed by atoms with E-state index in [1.165, 1.54) is 6.33 Å². The highest BCUT2D eigenvalue weighted by Crippen LogP contribution is 2.46. The summed E-state index contributed by atoms with van der Waals surface area (Å²) >= 11 is 0. The van der Waals surface area contributed by atoms with E-state index in [1.54, 1.807) is 6.20 Å². The number of aromatic nitrogens is 3. The van der Waals surface area contributed by atoms with Gasteiger partial charge in [0.2, 0.25) is 0 Å². The molecule has 0 radical (unpaired) electrons. The smallest absolute Gasteiger partial charge is 0.275 e. The molecule has 2 aromatic heterocycles. The van der Waals surface area contributed by atoms with Crippen LogP contribution in [0.2, 0.25) is 0 Å². The number of hydrogen-bond donors (Lipinski definition) is 2. The molecule has 2 aromatic rings. The summed E-state index contributed by atoms with van der Waals surface area (Å²) in [7, 11) is 0. The van der Waals surface area contributed by atoms with E-state index in [2.05, 4.69) is 21.9 Å². The van der Waals surface area contributed by atoms with Crippen molar-refractivity contribution in [3.63, 3.8) is 0 Å². The first-order valence-corrected chi connectivity index (χ1v) is 6.82. The van der Waals surface area contributed by atoms with Gasteiger partial charge in [-0.15, -0.1) is 0 Å². The minimum Gasteiger partial charge on any atom is -0.355 e. The van der Waals surface area contributed by atoms with Gasteiger partial charge in [0.15, 0.2) is 0 Å². The second kappa shape index (κ2) is 4.47. The van der Waals surface area contributed by atoms with Gasteiger partial charge in [0, 0.05) is 17.7 Å². The molecule has 0 unspecified atom stereocenters. The van der Waals surface area contributed by atoms with E-state index in [0.29, 0.717) is 17.0 Å². The average Bonchev–Trinajstić information content (AvgIpc) is 2.94. The van der Waals surface area contributed by atoms with Gasteiger partial charge in [0.25, 0.3) is 5.56 Å². The number of aromatic amines is 2. The average molecular weight is 263 g/mol. The quantitative estimate of drug-likeness (QED) is 0.875. The van der Waals surface area contributed by atoms with E-state index in [0.717, 1.165) is 18.4 Å². The number of hydrogen-bond acceptors (Lipinski definition) is 2. The second-order valence-corrected chi connectivity index (χ2v) is 5.51. The summed E-state index contributed by atoms with van der Waals surface area (Å²) in [6.07, 6.45) is 4.10. The Hall–Kier alpha value is -1.65. The Bertz CT molecular complexity index is 647. The highest BCUT2D eigenvalue weighted by Gasteiger charge is 2.41. The minimum absolute atomic E-state index is 0.0712. The van der Waals surface area contributed by atoms with Crippen molar-refractivity contribution in [3.05, 3.63) is 28.4 Å². The van der Waals surface area contributed by atoms with E-state index in [-0.39, 0.29) is 17.4 Å². The van der Waals surface area contributed by atoms with E-state index >= 15 is 0 Å². The first-order valence-electron chi connectivity index (χ1n) is 6.82. The summed E-state index contributed by atoms with van der Waals surface area (Å²) in [6.45, 7) is 4.09. The van der Waals surface area contributed by atoms with Gasteiger partial charge in [0.1, 0.15) is 11.7 Å². The number of halogens is 1. The number of fused-ring (bicyclic) bond motifs is 1. The van der Waals surface area contributed by atoms with Crippen molar-refractivity contribution in [2.75, 3.05) is 0 Å². The third-order valence-electron chi connectivity index (χ3n) is 4.61. The first-order chi connectivity index (χ1) is 9.13. The maximum atomic E-state index is 14.5. The normalized spacial score (nSPS) is 31.1. The fourth-order valence-electron chi connectivity index (χ4n) is 3.39. The molecular formula is C14H18FN3O. The molecule has 1 aliphatic rings. The number of nitrogens with one attached hydrogen (secondary N) is 2. The fraction of sp³-hybridized carbons (Fsp3) is 0.571. The van der Waals surface area contributed by atoms with Crippen LogP contribution in [0.25, 0.3) is 11.0 Å². The Morgan fingerprint density at radius 1 is 1.47 bits per heavy atom. The third-order valence-corrected chi connectivity index (χ3v) is 4.61. The van der Waals surface area contributed by atoms with Crippen molar-refractivity contribution in [3.8, 4) is 0 Å². The Balaban J connectivity index is 2.06. The molecule has 1 fully saturated rings. The second-order valence-electron chi connectivity index (χ2n) is 5.51. The zero-order chi connectivity index (χ0) is 13.6. The monoisotopic (exact) mass is 263 g/mol. The lowest BCUT2D eigenvalue weighted by molar-refractivity contribution is 0.231. The summed E-state index contributed by atoms with van der Waals surface area (Å²) < 4.78 is 14.5. The van der Waals surface area contributed by atoms with Gasteiger partial charge in [-0.25, -0.2) is 9.37 Å². The highest BCUT2D eigenvalue weighted by molar-refractivity contribution is 5.78. The molecule has 0 aliphatic heterocycles. The molecule has 0 aromatic carbocycles. The van der Waals surface area contributed by atoms with E-state index < -0.39 is 6.17 Å². The van der Waals surface area contributed by atoms with Crippen LogP contribution in [0.5, 0.6) is 0 Å². The predicted molar refractivity (Wildman–Crippen MR) is 71.9 cm³/mol. The summed E-state index contributed by atoms with van der Waals surface area (Å²) in [5.74, 6) is 0.330. The summed E-state index contributed by atoms with van der Waals surface area (Å²) in [5.41, 5.74) is 1.69. The molecule has 4 nitrogen and oxygen atoms in total. The lowest BCUT2D eigenvalue weighted by atomic mass is 9.95. The Labute approximate surface area is 110 Å². The molecule has 0 saturated heterocycles. The SMILES string of the molecule is CC[C@H]1C[C@@H](c2c[nH]c3c(=O)[nH]cnc23)[C@H](F)[C@@H]1C. The maximum absolute atomic E-state index is 14.5. The molecule has 19 heavy (non-hydrogen) atoms. The lowest BCUT2D eigenvalue weighted by Crippen LogP contribution is -2.14. The van der Waals surface area contributed by atoms with Gasteiger partial charge >= 0.3 is 0 Å². The van der Waals surface area contributed by atoms with Crippen molar-refractivity contribution in [2.24, 2.45) is 11.8 Å². The fourth-order valence-corrected chi connectivity index (χ4v) is 3.39. The van der Waals surface area contributed by atoms with Crippen LogP contribution in [0, 0.1) is 11.8 Å².